The predicted molar refractivity (Wildman–Crippen MR) is 76.4 cm³/mol. The van der Waals surface area contributed by atoms with Gasteiger partial charge in [-0.2, -0.15) is 0 Å². The van der Waals surface area contributed by atoms with Gasteiger partial charge in [-0.15, -0.1) is 6.58 Å². The summed E-state index contributed by atoms with van der Waals surface area (Å²) in [6.45, 7) is 12.6. The van der Waals surface area contributed by atoms with Crippen LogP contribution in [0.5, 0.6) is 0 Å². The van der Waals surface area contributed by atoms with Gasteiger partial charge in [0.1, 0.15) is 0 Å². The number of hydrogen-bond donors (Lipinski definition) is 0. The minimum atomic E-state index is -0.243. The molecule has 0 aromatic rings. The standard InChI is InChI=1S/C15H27BO2/c1-12(11-13-9-7-6-8-10-13)16-17-14(2,3)15(4,5)18-16/h13H,1,6-11H2,2-5H3. The van der Waals surface area contributed by atoms with Crippen LogP contribution in [0.15, 0.2) is 12.1 Å². The van der Waals surface area contributed by atoms with Gasteiger partial charge in [-0.25, -0.2) is 0 Å². The molecular weight excluding hydrogens is 223 g/mol. The zero-order valence-electron chi connectivity index (χ0n) is 12.4. The van der Waals surface area contributed by atoms with Crippen LogP contribution in [0.2, 0.25) is 0 Å². The molecule has 0 N–H and O–H groups in total. The summed E-state index contributed by atoms with van der Waals surface area (Å²) in [5.41, 5.74) is 0.640. The summed E-state index contributed by atoms with van der Waals surface area (Å²) in [6, 6.07) is 0. The summed E-state index contributed by atoms with van der Waals surface area (Å²) < 4.78 is 12.1. The number of allylic oxidation sites excluding steroid dienone is 1. The van der Waals surface area contributed by atoms with Gasteiger partial charge in [-0.3, -0.25) is 0 Å². The quantitative estimate of drug-likeness (QED) is 0.700. The first kappa shape index (κ1) is 14.1. The van der Waals surface area contributed by atoms with Crippen LogP contribution in [0.25, 0.3) is 0 Å². The van der Waals surface area contributed by atoms with Crippen molar-refractivity contribution < 1.29 is 9.31 Å². The summed E-state index contributed by atoms with van der Waals surface area (Å²) in [4.78, 5) is 0. The van der Waals surface area contributed by atoms with Crippen molar-refractivity contribution in [1.29, 1.82) is 0 Å². The highest BCUT2D eigenvalue weighted by atomic mass is 16.7. The molecular formula is C15H27BO2. The Bertz CT molecular complexity index is 300. The van der Waals surface area contributed by atoms with Crippen molar-refractivity contribution in [3.63, 3.8) is 0 Å². The molecule has 0 aromatic carbocycles. The predicted octanol–water partition coefficient (Wildman–Crippen LogP) is 4.14. The molecule has 2 nitrogen and oxygen atoms in total. The van der Waals surface area contributed by atoms with Crippen LogP contribution >= 0.6 is 0 Å². The Morgan fingerprint density at radius 2 is 1.56 bits per heavy atom. The van der Waals surface area contributed by atoms with E-state index in [2.05, 4.69) is 34.3 Å². The molecule has 0 aromatic heterocycles. The highest BCUT2D eigenvalue weighted by molar-refractivity contribution is 6.54. The SMILES string of the molecule is C=C(CC1CCCCC1)B1OC(C)(C)C(C)(C)O1. The first-order valence-corrected chi connectivity index (χ1v) is 7.35. The van der Waals surface area contributed by atoms with E-state index in [0.717, 1.165) is 17.8 Å². The number of hydrogen-bond acceptors (Lipinski definition) is 2. The van der Waals surface area contributed by atoms with Crippen molar-refractivity contribution in [1.82, 2.24) is 0 Å². The van der Waals surface area contributed by atoms with Crippen LogP contribution in [0.4, 0.5) is 0 Å². The largest absolute Gasteiger partial charge is 0.489 e. The van der Waals surface area contributed by atoms with Gasteiger partial charge in [-0.05, 0) is 45.5 Å². The van der Waals surface area contributed by atoms with E-state index in [9.17, 15) is 0 Å². The van der Waals surface area contributed by atoms with Gasteiger partial charge in [0.05, 0.1) is 11.2 Å². The fourth-order valence-corrected chi connectivity index (χ4v) is 2.87. The molecule has 18 heavy (non-hydrogen) atoms. The van der Waals surface area contributed by atoms with Gasteiger partial charge in [0.25, 0.3) is 0 Å². The lowest BCUT2D eigenvalue weighted by molar-refractivity contribution is 0.00578. The van der Waals surface area contributed by atoms with E-state index in [0.29, 0.717) is 0 Å². The van der Waals surface area contributed by atoms with Crippen molar-refractivity contribution in [2.24, 2.45) is 5.92 Å². The second-order valence-corrected chi connectivity index (χ2v) is 6.95. The van der Waals surface area contributed by atoms with Gasteiger partial charge in [-0.1, -0.05) is 32.1 Å². The lowest BCUT2D eigenvalue weighted by Crippen LogP contribution is -2.41. The Balaban J connectivity index is 1.91. The molecule has 1 aliphatic heterocycles. The average molecular weight is 250 g/mol. The summed E-state index contributed by atoms with van der Waals surface area (Å²) in [7, 11) is -0.211. The molecule has 2 rings (SSSR count). The van der Waals surface area contributed by atoms with Gasteiger partial charge in [0.2, 0.25) is 0 Å². The van der Waals surface area contributed by atoms with Gasteiger partial charge >= 0.3 is 7.12 Å². The lowest BCUT2D eigenvalue weighted by atomic mass is 9.72. The molecule has 102 valence electrons. The number of rotatable bonds is 3. The van der Waals surface area contributed by atoms with E-state index >= 15 is 0 Å². The Morgan fingerprint density at radius 3 is 2.06 bits per heavy atom. The molecule has 0 amide bonds. The molecule has 1 aliphatic carbocycles. The summed E-state index contributed by atoms with van der Waals surface area (Å²) in [5.74, 6) is 0.797. The first-order valence-electron chi connectivity index (χ1n) is 7.35. The molecule has 1 saturated carbocycles. The van der Waals surface area contributed by atoms with Crippen LogP contribution in [-0.4, -0.2) is 18.3 Å². The van der Waals surface area contributed by atoms with Crippen molar-refractivity contribution in [3.8, 4) is 0 Å². The van der Waals surface area contributed by atoms with Crippen molar-refractivity contribution in [2.75, 3.05) is 0 Å². The summed E-state index contributed by atoms with van der Waals surface area (Å²) >= 11 is 0. The van der Waals surface area contributed by atoms with E-state index in [1.165, 1.54) is 32.1 Å². The second kappa shape index (κ2) is 5.01. The molecule has 1 saturated heterocycles. The smallest absolute Gasteiger partial charge is 0.400 e. The van der Waals surface area contributed by atoms with E-state index in [-0.39, 0.29) is 18.3 Å². The molecule has 0 radical (unpaired) electrons. The van der Waals surface area contributed by atoms with Crippen LogP contribution in [-0.2, 0) is 9.31 Å². The first-order chi connectivity index (χ1) is 8.32. The lowest BCUT2D eigenvalue weighted by Gasteiger charge is -2.32. The maximum Gasteiger partial charge on any atom is 0.489 e. The van der Waals surface area contributed by atoms with Crippen molar-refractivity contribution in [3.05, 3.63) is 12.1 Å². The zero-order chi connectivity index (χ0) is 13.4. The van der Waals surface area contributed by atoms with Crippen LogP contribution in [0.1, 0.15) is 66.2 Å². The fourth-order valence-electron chi connectivity index (χ4n) is 2.87. The second-order valence-electron chi connectivity index (χ2n) is 6.95. The summed E-state index contributed by atoms with van der Waals surface area (Å²) in [6.07, 6.45) is 7.91. The third-order valence-electron chi connectivity index (χ3n) is 4.86. The minimum Gasteiger partial charge on any atom is -0.400 e. The molecule has 1 heterocycles. The average Bonchev–Trinajstić information content (AvgIpc) is 2.50. The molecule has 0 atom stereocenters. The third-order valence-corrected chi connectivity index (χ3v) is 4.86. The third kappa shape index (κ3) is 2.83. The Hall–Kier alpha value is -0.275. The van der Waals surface area contributed by atoms with E-state index in [4.69, 9.17) is 9.31 Å². The van der Waals surface area contributed by atoms with Crippen molar-refractivity contribution >= 4 is 7.12 Å². The molecule has 2 aliphatic rings. The van der Waals surface area contributed by atoms with Crippen LogP contribution < -0.4 is 0 Å². The monoisotopic (exact) mass is 250 g/mol. The molecule has 0 bridgehead atoms. The maximum atomic E-state index is 6.05. The zero-order valence-corrected chi connectivity index (χ0v) is 12.4. The fraction of sp³-hybridized carbons (Fsp3) is 0.867. The van der Waals surface area contributed by atoms with Crippen LogP contribution in [0, 0.1) is 5.92 Å². The highest BCUT2D eigenvalue weighted by Gasteiger charge is 2.52. The molecule has 2 fully saturated rings. The van der Waals surface area contributed by atoms with Crippen LogP contribution in [0.3, 0.4) is 0 Å². The maximum absolute atomic E-state index is 6.05. The Morgan fingerprint density at radius 1 is 1.06 bits per heavy atom. The minimum absolute atomic E-state index is 0.211. The van der Waals surface area contributed by atoms with E-state index in [1.807, 2.05) is 0 Å². The molecule has 0 spiro atoms. The Kier molecular flexibility index (Phi) is 3.94. The van der Waals surface area contributed by atoms with E-state index in [1.54, 1.807) is 0 Å². The normalized spacial score (nSPS) is 27.4. The van der Waals surface area contributed by atoms with Gasteiger partial charge < -0.3 is 9.31 Å². The highest BCUT2D eigenvalue weighted by Crippen LogP contribution is 2.40. The van der Waals surface area contributed by atoms with E-state index < -0.39 is 0 Å². The molecule has 0 unspecified atom stereocenters. The topological polar surface area (TPSA) is 18.5 Å². The van der Waals surface area contributed by atoms with Crippen molar-refractivity contribution in [2.45, 2.75) is 77.4 Å². The molecule has 3 heteroatoms. The Labute approximate surface area is 112 Å². The summed E-state index contributed by atoms with van der Waals surface area (Å²) in [5, 5.41) is 0. The van der Waals surface area contributed by atoms with Gasteiger partial charge in [0.15, 0.2) is 0 Å². The van der Waals surface area contributed by atoms with Gasteiger partial charge in [0, 0.05) is 0 Å².